The van der Waals surface area contributed by atoms with E-state index in [1.54, 1.807) is 0 Å². The Morgan fingerprint density at radius 3 is 2.89 bits per heavy atom. The molecule has 96 valence electrons. The third-order valence-corrected chi connectivity index (χ3v) is 3.21. The van der Waals surface area contributed by atoms with Crippen molar-refractivity contribution < 1.29 is 0 Å². The summed E-state index contributed by atoms with van der Waals surface area (Å²) in [7, 11) is 0. The number of aryl methyl sites for hydroxylation is 2. The normalized spacial score (nSPS) is 12.6. The van der Waals surface area contributed by atoms with E-state index in [1.807, 2.05) is 23.3 Å². The van der Waals surface area contributed by atoms with Gasteiger partial charge in [0.25, 0.3) is 0 Å². The number of rotatable bonds is 5. The highest BCUT2D eigenvalue weighted by Gasteiger charge is 2.07. The van der Waals surface area contributed by atoms with Gasteiger partial charge in [-0.05, 0) is 38.0 Å². The molecule has 2 aromatic heterocycles. The van der Waals surface area contributed by atoms with Crippen molar-refractivity contribution in [2.45, 2.75) is 39.9 Å². The van der Waals surface area contributed by atoms with Gasteiger partial charge in [-0.1, -0.05) is 0 Å². The van der Waals surface area contributed by atoms with Crippen molar-refractivity contribution in [3.8, 4) is 0 Å². The summed E-state index contributed by atoms with van der Waals surface area (Å²) in [5.74, 6) is 0. The summed E-state index contributed by atoms with van der Waals surface area (Å²) in [4.78, 5) is 4.10. The Labute approximate surface area is 108 Å². The molecule has 2 heterocycles. The number of nitrogens with one attached hydrogen (secondary N) is 1. The summed E-state index contributed by atoms with van der Waals surface area (Å²) < 4.78 is 1.95. The van der Waals surface area contributed by atoms with Crippen LogP contribution in [-0.2, 0) is 13.1 Å². The Balaban J connectivity index is 1.96. The van der Waals surface area contributed by atoms with Gasteiger partial charge in [0.1, 0.15) is 0 Å². The van der Waals surface area contributed by atoms with Crippen molar-refractivity contribution >= 4 is 0 Å². The number of pyridine rings is 1. The molecule has 2 rings (SSSR count). The highest BCUT2D eigenvalue weighted by molar-refractivity contribution is 5.21. The zero-order chi connectivity index (χ0) is 13.0. The molecule has 0 aliphatic heterocycles. The Kier molecular flexibility index (Phi) is 4.10. The monoisotopic (exact) mass is 244 g/mol. The molecule has 18 heavy (non-hydrogen) atoms. The first-order valence-electron chi connectivity index (χ1n) is 6.36. The fourth-order valence-corrected chi connectivity index (χ4v) is 1.86. The van der Waals surface area contributed by atoms with E-state index in [2.05, 4.69) is 48.4 Å². The first-order valence-corrected chi connectivity index (χ1v) is 6.36. The Morgan fingerprint density at radius 2 is 2.22 bits per heavy atom. The van der Waals surface area contributed by atoms with Crippen LogP contribution in [0.4, 0.5) is 0 Å². The van der Waals surface area contributed by atoms with Crippen LogP contribution in [0.1, 0.15) is 36.6 Å². The van der Waals surface area contributed by atoms with Gasteiger partial charge in [-0.3, -0.25) is 9.67 Å². The minimum atomic E-state index is 0.304. The number of aromatic nitrogens is 3. The van der Waals surface area contributed by atoms with E-state index in [0.717, 1.165) is 13.1 Å². The van der Waals surface area contributed by atoms with Crippen molar-refractivity contribution in [1.82, 2.24) is 20.1 Å². The SMILES string of the molecule is CCn1cc(C(C)NCc2ccncc2C)cn1. The van der Waals surface area contributed by atoms with Crippen LogP contribution in [-0.4, -0.2) is 14.8 Å². The van der Waals surface area contributed by atoms with E-state index in [4.69, 9.17) is 0 Å². The molecule has 1 atom stereocenters. The second-order valence-corrected chi connectivity index (χ2v) is 4.53. The lowest BCUT2D eigenvalue weighted by Gasteiger charge is -2.13. The van der Waals surface area contributed by atoms with Crippen LogP contribution in [0.15, 0.2) is 30.9 Å². The topological polar surface area (TPSA) is 42.7 Å². The second-order valence-electron chi connectivity index (χ2n) is 4.53. The Morgan fingerprint density at radius 1 is 1.39 bits per heavy atom. The van der Waals surface area contributed by atoms with Crippen molar-refractivity contribution in [3.63, 3.8) is 0 Å². The molecule has 0 amide bonds. The van der Waals surface area contributed by atoms with Gasteiger partial charge in [-0.15, -0.1) is 0 Å². The molecule has 0 saturated carbocycles. The highest BCUT2D eigenvalue weighted by Crippen LogP contribution is 2.13. The number of nitrogens with zero attached hydrogens (tertiary/aromatic N) is 3. The molecule has 1 unspecified atom stereocenters. The largest absolute Gasteiger partial charge is 0.306 e. The Hall–Kier alpha value is -1.68. The molecule has 0 spiro atoms. The molecule has 0 aliphatic carbocycles. The van der Waals surface area contributed by atoms with Crippen LogP contribution >= 0.6 is 0 Å². The molecular formula is C14H20N4. The van der Waals surface area contributed by atoms with Crippen molar-refractivity contribution in [2.24, 2.45) is 0 Å². The summed E-state index contributed by atoms with van der Waals surface area (Å²) in [5.41, 5.74) is 3.74. The van der Waals surface area contributed by atoms with Crippen LogP contribution in [0, 0.1) is 6.92 Å². The molecule has 0 aromatic carbocycles. The average Bonchev–Trinajstić information content (AvgIpc) is 2.86. The van der Waals surface area contributed by atoms with Gasteiger partial charge in [-0.25, -0.2) is 0 Å². The van der Waals surface area contributed by atoms with Gasteiger partial charge in [0, 0.05) is 43.3 Å². The maximum absolute atomic E-state index is 4.29. The maximum Gasteiger partial charge on any atom is 0.0537 e. The average molecular weight is 244 g/mol. The number of hydrogen-bond acceptors (Lipinski definition) is 3. The van der Waals surface area contributed by atoms with Crippen molar-refractivity contribution in [1.29, 1.82) is 0 Å². The zero-order valence-corrected chi connectivity index (χ0v) is 11.2. The molecule has 1 N–H and O–H groups in total. The molecule has 4 heteroatoms. The summed E-state index contributed by atoms with van der Waals surface area (Å²) in [6, 6.07) is 2.36. The predicted molar refractivity (Wildman–Crippen MR) is 72.1 cm³/mol. The summed E-state index contributed by atoms with van der Waals surface area (Å²) in [6.07, 6.45) is 7.76. The van der Waals surface area contributed by atoms with Gasteiger partial charge in [-0.2, -0.15) is 5.10 Å². The van der Waals surface area contributed by atoms with Crippen molar-refractivity contribution in [3.05, 3.63) is 47.5 Å². The van der Waals surface area contributed by atoms with Crippen LogP contribution in [0.5, 0.6) is 0 Å². The van der Waals surface area contributed by atoms with Gasteiger partial charge < -0.3 is 5.32 Å². The van der Waals surface area contributed by atoms with Gasteiger partial charge >= 0.3 is 0 Å². The molecule has 0 aliphatic rings. The third kappa shape index (κ3) is 2.96. The van der Waals surface area contributed by atoms with E-state index < -0.39 is 0 Å². The Bertz CT molecular complexity index is 504. The lowest BCUT2D eigenvalue weighted by atomic mass is 10.1. The van der Waals surface area contributed by atoms with Crippen LogP contribution in [0.2, 0.25) is 0 Å². The van der Waals surface area contributed by atoms with Crippen LogP contribution in [0.3, 0.4) is 0 Å². The highest BCUT2D eigenvalue weighted by atomic mass is 15.3. The molecule has 0 fully saturated rings. The first-order chi connectivity index (χ1) is 8.70. The lowest BCUT2D eigenvalue weighted by molar-refractivity contribution is 0.571. The van der Waals surface area contributed by atoms with Gasteiger partial charge in [0.2, 0.25) is 0 Å². The van der Waals surface area contributed by atoms with Crippen LogP contribution in [0.25, 0.3) is 0 Å². The fourth-order valence-electron chi connectivity index (χ4n) is 1.86. The van der Waals surface area contributed by atoms with Gasteiger partial charge in [0.15, 0.2) is 0 Å². The second kappa shape index (κ2) is 5.78. The van der Waals surface area contributed by atoms with E-state index in [-0.39, 0.29) is 0 Å². The van der Waals surface area contributed by atoms with E-state index in [1.165, 1.54) is 16.7 Å². The molecule has 0 bridgehead atoms. The minimum absolute atomic E-state index is 0.304. The third-order valence-electron chi connectivity index (χ3n) is 3.21. The van der Waals surface area contributed by atoms with Crippen molar-refractivity contribution in [2.75, 3.05) is 0 Å². The zero-order valence-electron chi connectivity index (χ0n) is 11.2. The van der Waals surface area contributed by atoms with E-state index in [0.29, 0.717) is 6.04 Å². The lowest BCUT2D eigenvalue weighted by Crippen LogP contribution is -2.18. The summed E-state index contributed by atoms with van der Waals surface area (Å²) >= 11 is 0. The maximum atomic E-state index is 4.29. The molecule has 2 aromatic rings. The molecule has 0 radical (unpaired) electrons. The smallest absolute Gasteiger partial charge is 0.0537 e. The summed E-state index contributed by atoms with van der Waals surface area (Å²) in [6.45, 7) is 8.11. The van der Waals surface area contributed by atoms with Crippen LogP contribution < -0.4 is 5.32 Å². The molecule has 4 nitrogen and oxygen atoms in total. The quantitative estimate of drug-likeness (QED) is 0.878. The minimum Gasteiger partial charge on any atom is -0.306 e. The fraction of sp³-hybridized carbons (Fsp3) is 0.429. The molecular weight excluding hydrogens is 224 g/mol. The van der Waals surface area contributed by atoms with E-state index >= 15 is 0 Å². The first kappa shape index (κ1) is 12.8. The summed E-state index contributed by atoms with van der Waals surface area (Å²) in [5, 5.41) is 7.81. The van der Waals surface area contributed by atoms with E-state index in [9.17, 15) is 0 Å². The standard InChI is InChI=1S/C14H20N4/c1-4-18-10-14(9-17-18)12(3)16-8-13-5-6-15-7-11(13)2/h5-7,9-10,12,16H,4,8H2,1-3H3. The molecule has 0 saturated heterocycles. The number of hydrogen-bond donors (Lipinski definition) is 1. The predicted octanol–water partition coefficient (Wildman–Crippen LogP) is 2.46. The van der Waals surface area contributed by atoms with Gasteiger partial charge in [0.05, 0.1) is 6.20 Å².